The number of hydrogen-bond donors (Lipinski definition) is 1. The highest BCUT2D eigenvalue weighted by Gasteiger charge is 2.34. The Kier molecular flexibility index (Phi) is 10.4. The van der Waals surface area contributed by atoms with E-state index in [1.54, 1.807) is 26.0 Å². The number of carbonyl (C=O) groups is 2. The van der Waals surface area contributed by atoms with E-state index in [4.69, 9.17) is 23.2 Å². The number of benzene rings is 3. The Balaban J connectivity index is 2.09. The molecule has 0 aliphatic rings. The summed E-state index contributed by atoms with van der Waals surface area (Å²) in [7, 11) is -4.08. The molecule has 3 aromatic carbocycles. The number of para-hydroxylation sites is 1. The number of anilines is 1. The fourth-order valence-electron chi connectivity index (χ4n) is 4.02. The average molecular weight is 595 g/mol. The highest BCUT2D eigenvalue weighted by Crippen LogP contribution is 2.26. The molecule has 0 radical (unpaired) electrons. The fourth-order valence-corrected chi connectivity index (χ4v) is 5.34. The minimum atomic E-state index is -4.08. The highest BCUT2D eigenvalue weighted by molar-refractivity contribution is 7.92. The maximum absolute atomic E-state index is 14.7. The molecular weight excluding hydrogens is 564 g/mol. The number of hydrogen-bond acceptors (Lipinski definition) is 4. The first-order valence-electron chi connectivity index (χ1n) is 12.2. The summed E-state index contributed by atoms with van der Waals surface area (Å²) < 4.78 is 40.8. The third-order valence-electron chi connectivity index (χ3n) is 5.86. The molecule has 2 amide bonds. The Morgan fingerprint density at radius 3 is 2.21 bits per heavy atom. The minimum absolute atomic E-state index is 0.118. The summed E-state index contributed by atoms with van der Waals surface area (Å²) in [4.78, 5) is 28.7. The van der Waals surface area contributed by atoms with Crippen LogP contribution >= 0.6 is 23.2 Å². The number of sulfonamides is 1. The van der Waals surface area contributed by atoms with Gasteiger partial charge in [0.25, 0.3) is 0 Å². The van der Waals surface area contributed by atoms with Crippen molar-refractivity contribution in [1.29, 1.82) is 0 Å². The second-order valence-corrected chi connectivity index (χ2v) is 12.1. The molecular formula is C28H30Cl2FN3O4S. The molecule has 0 aromatic heterocycles. The van der Waals surface area contributed by atoms with Gasteiger partial charge in [0.2, 0.25) is 21.8 Å². The monoisotopic (exact) mass is 593 g/mol. The molecule has 1 N–H and O–H groups in total. The number of nitrogens with zero attached hydrogens (tertiary/aromatic N) is 2. The third kappa shape index (κ3) is 8.42. The molecule has 39 heavy (non-hydrogen) atoms. The smallest absolute Gasteiger partial charge is 0.244 e. The van der Waals surface area contributed by atoms with E-state index in [9.17, 15) is 22.4 Å². The zero-order valence-corrected chi connectivity index (χ0v) is 24.1. The normalized spacial score (nSPS) is 12.2. The second-order valence-electron chi connectivity index (χ2n) is 9.35. The number of rotatable bonds is 11. The number of amides is 2. The summed E-state index contributed by atoms with van der Waals surface area (Å²) >= 11 is 12.5. The van der Waals surface area contributed by atoms with Crippen LogP contribution in [0.1, 0.15) is 25.0 Å². The van der Waals surface area contributed by atoms with E-state index in [0.717, 1.165) is 17.9 Å². The molecule has 0 aliphatic heterocycles. The molecule has 0 fully saturated rings. The van der Waals surface area contributed by atoms with Crippen LogP contribution in [0.5, 0.6) is 0 Å². The summed E-state index contributed by atoms with van der Waals surface area (Å²) in [5.41, 5.74) is 1.01. The van der Waals surface area contributed by atoms with Crippen molar-refractivity contribution in [2.75, 3.05) is 17.1 Å². The molecule has 0 saturated heterocycles. The molecule has 1 atom stereocenters. The number of halogens is 3. The van der Waals surface area contributed by atoms with Gasteiger partial charge in [-0.2, -0.15) is 0 Å². The highest BCUT2D eigenvalue weighted by atomic mass is 35.5. The van der Waals surface area contributed by atoms with E-state index in [2.05, 4.69) is 5.32 Å². The first-order chi connectivity index (χ1) is 18.4. The Morgan fingerprint density at radius 2 is 1.62 bits per heavy atom. The lowest BCUT2D eigenvalue weighted by Gasteiger charge is -2.34. The third-order valence-corrected chi connectivity index (χ3v) is 7.57. The van der Waals surface area contributed by atoms with Gasteiger partial charge in [-0.15, -0.1) is 0 Å². The zero-order valence-electron chi connectivity index (χ0n) is 21.8. The molecule has 0 unspecified atom stereocenters. The van der Waals surface area contributed by atoms with Gasteiger partial charge in [0.05, 0.1) is 11.9 Å². The Labute approximate surface area is 238 Å². The van der Waals surface area contributed by atoms with Gasteiger partial charge in [-0.1, -0.05) is 71.7 Å². The standard InChI is InChI=1S/C28H30Cl2FN3O4S/c1-19(2)32-28(36)26(15-20-9-5-4-6-10-20)33(17-21-13-14-22(29)16-23(21)30)27(35)18-34(39(3,37)38)25-12-8-7-11-24(25)31/h4-14,16,19,26H,15,17-18H2,1-3H3,(H,32,36)/t26-/m0/s1. The zero-order chi connectivity index (χ0) is 28.7. The summed E-state index contributed by atoms with van der Waals surface area (Å²) in [6.07, 6.45) is 1.04. The summed E-state index contributed by atoms with van der Waals surface area (Å²) in [5, 5.41) is 3.52. The van der Waals surface area contributed by atoms with Crippen LogP contribution in [0.25, 0.3) is 0 Å². The Bertz CT molecular complexity index is 1420. The van der Waals surface area contributed by atoms with Gasteiger partial charge in [0.15, 0.2) is 0 Å². The summed E-state index contributed by atoms with van der Waals surface area (Å²) in [6.45, 7) is 2.74. The lowest BCUT2D eigenvalue weighted by atomic mass is 10.0. The van der Waals surface area contributed by atoms with Crippen molar-refractivity contribution in [1.82, 2.24) is 10.2 Å². The Hall–Kier alpha value is -3.14. The van der Waals surface area contributed by atoms with Crippen molar-refractivity contribution in [3.05, 3.63) is 99.8 Å². The SMILES string of the molecule is CC(C)NC(=O)[C@H](Cc1ccccc1)N(Cc1ccc(Cl)cc1Cl)C(=O)CN(c1ccccc1F)S(C)(=O)=O. The molecule has 0 heterocycles. The van der Waals surface area contributed by atoms with Gasteiger partial charge in [-0.05, 0) is 49.2 Å². The van der Waals surface area contributed by atoms with Crippen LogP contribution < -0.4 is 9.62 Å². The van der Waals surface area contributed by atoms with Gasteiger partial charge in [0.1, 0.15) is 18.4 Å². The topological polar surface area (TPSA) is 86.8 Å². The van der Waals surface area contributed by atoms with Crippen molar-refractivity contribution in [3.8, 4) is 0 Å². The van der Waals surface area contributed by atoms with Crippen LogP contribution in [0.2, 0.25) is 10.0 Å². The first-order valence-corrected chi connectivity index (χ1v) is 14.8. The molecule has 7 nitrogen and oxygen atoms in total. The molecule has 3 aromatic rings. The maximum atomic E-state index is 14.7. The molecule has 3 rings (SSSR count). The van der Waals surface area contributed by atoms with Crippen molar-refractivity contribution < 1.29 is 22.4 Å². The number of nitrogens with one attached hydrogen (secondary N) is 1. The predicted octanol–water partition coefficient (Wildman–Crippen LogP) is 5.06. The van der Waals surface area contributed by atoms with Crippen molar-refractivity contribution >= 4 is 50.7 Å². The molecule has 11 heteroatoms. The Morgan fingerprint density at radius 1 is 0.974 bits per heavy atom. The molecule has 0 aliphatic carbocycles. The molecule has 0 spiro atoms. The first kappa shape index (κ1) is 30.4. The summed E-state index contributed by atoms with van der Waals surface area (Å²) in [6, 6.07) is 17.9. The van der Waals surface area contributed by atoms with Gasteiger partial charge >= 0.3 is 0 Å². The predicted molar refractivity (Wildman–Crippen MR) is 153 cm³/mol. The van der Waals surface area contributed by atoms with Crippen LogP contribution in [0.4, 0.5) is 10.1 Å². The van der Waals surface area contributed by atoms with Crippen molar-refractivity contribution in [2.45, 2.75) is 38.9 Å². The quantitative estimate of drug-likeness (QED) is 0.336. The van der Waals surface area contributed by atoms with E-state index in [-0.39, 0.29) is 29.7 Å². The minimum Gasteiger partial charge on any atom is -0.352 e. The molecule has 208 valence electrons. The summed E-state index contributed by atoms with van der Waals surface area (Å²) in [5.74, 6) is -1.94. The van der Waals surface area contributed by atoms with E-state index >= 15 is 0 Å². The number of carbonyl (C=O) groups excluding carboxylic acids is 2. The lowest BCUT2D eigenvalue weighted by molar-refractivity contribution is -0.140. The largest absolute Gasteiger partial charge is 0.352 e. The molecule has 0 saturated carbocycles. The average Bonchev–Trinajstić information content (AvgIpc) is 2.85. The van der Waals surface area contributed by atoms with E-state index in [0.29, 0.717) is 14.9 Å². The van der Waals surface area contributed by atoms with Crippen LogP contribution in [0, 0.1) is 5.82 Å². The second kappa shape index (κ2) is 13.3. The van der Waals surface area contributed by atoms with Gasteiger partial charge in [-0.25, -0.2) is 12.8 Å². The molecule has 0 bridgehead atoms. The van der Waals surface area contributed by atoms with Gasteiger partial charge < -0.3 is 10.2 Å². The van der Waals surface area contributed by atoms with Crippen LogP contribution in [0.3, 0.4) is 0 Å². The van der Waals surface area contributed by atoms with E-state index in [1.807, 2.05) is 30.3 Å². The van der Waals surface area contributed by atoms with Gasteiger partial charge in [0, 0.05) is 29.1 Å². The van der Waals surface area contributed by atoms with Crippen molar-refractivity contribution in [2.24, 2.45) is 0 Å². The van der Waals surface area contributed by atoms with Gasteiger partial charge in [-0.3, -0.25) is 13.9 Å². The van der Waals surface area contributed by atoms with Crippen LogP contribution in [-0.4, -0.2) is 50.0 Å². The maximum Gasteiger partial charge on any atom is 0.244 e. The van der Waals surface area contributed by atoms with E-state index < -0.39 is 40.2 Å². The lowest BCUT2D eigenvalue weighted by Crippen LogP contribution is -2.54. The van der Waals surface area contributed by atoms with Crippen LogP contribution in [-0.2, 0) is 32.6 Å². The van der Waals surface area contributed by atoms with Crippen LogP contribution in [0.15, 0.2) is 72.8 Å². The van der Waals surface area contributed by atoms with Crippen molar-refractivity contribution in [3.63, 3.8) is 0 Å². The fraction of sp³-hybridized carbons (Fsp3) is 0.286. The van der Waals surface area contributed by atoms with E-state index in [1.165, 1.54) is 29.2 Å².